The second-order valence-electron chi connectivity index (χ2n) is 2.31. The van der Waals surface area contributed by atoms with E-state index in [1.165, 1.54) is 0 Å². The standard InChI is InChI=1S/C5H12N2O/c6-4-1-5(8)3-7-2-4/h4-5,7-8H,1-3,6H2. The Labute approximate surface area is 48.9 Å². The first kappa shape index (κ1) is 6.01. The highest BCUT2D eigenvalue weighted by atomic mass is 16.3. The summed E-state index contributed by atoms with van der Waals surface area (Å²) in [4.78, 5) is 0. The van der Waals surface area contributed by atoms with Crippen molar-refractivity contribution in [3.05, 3.63) is 0 Å². The number of aliphatic hydroxyl groups is 1. The number of rotatable bonds is 0. The van der Waals surface area contributed by atoms with E-state index in [2.05, 4.69) is 5.32 Å². The van der Waals surface area contributed by atoms with Crippen LogP contribution in [0.25, 0.3) is 0 Å². The number of hydrogen-bond donors (Lipinski definition) is 3. The topological polar surface area (TPSA) is 58.3 Å². The lowest BCUT2D eigenvalue weighted by Crippen LogP contribution is -2.46. The normalized spacial score (nSPS) is 39.8. The molecular formula is C5H12N2O. The van der Waals surface area contributed by atoms with Crippen molar-refractivity contribution in [1.82, 2.24) is 5.32 Å². The lowest BCUT2D eigenvalue weighted by Gasteiger charge is -2.23. The summed E-state index contributed by atoms with van der Waals surface area (Å²) in [6.07, 6.45) is 0.520. The van der Waals surface area contributed by atoms with Crippen LogP contribution in [-0.4, -0.2) is 30.3 Å². The van der Waals surface area contributed by atoms with Crippen LogP contribution in [0.15, 0.2) is 0 Å². The minimum Gasteiger partial charge on any atom is -0.392 e. The molecule has 1 aliphatic rings. The molecule has 1 heterocycles. The van der Waals surface area contributed by atoms with Crippen molar-refractivity contribution < 1.29 is 5.11 Å². The molecule has 1 saturated heterocycles. The van der Waals surface area contributed by atoms with Crippen molar-refractivity contribution in [2.24, 2.45) is 5.73 Å². The van der Waals surface area contributed by atoms with Crippen LogP contribution in [0.2, 0.25) is 0 Å². The van der Waals surface area contributed by atoms with E-state index in [-0.39, 0.29) is 12.1 Å². The zero-order valence-corrected chi connectivity index (χ0v) is 4.80. The van der Waals surface area contributed by atoms with E-state index in [9.17, 15) is 0 Å². The summed E-state index contributed by atoms with van der Waals surface area (Å²) in [5.41, 5.74) is 5.50. The van der Waals surface area contributed by atoms with Crippen molar-refractivity contribution in [3.63, 3.8) is 0 Å². The van der Waals surface area contributed by atoms with E-state index in [1.807, 2.05) is 0 Å². The Balaban J connectivity index is 2.23. The average Bonchev–Trinajstić information content (AvgIpc) is 1.64. The van der Waals surface area contributed by atoms with E-state index in [4.69, 9.17) is 10.8 Å². The number of β-amino-alcohol motifs (C(OH)–C–C–N with tert-alkyl or cyclic N) is 1. The molecule has 2 unspecified atom stereocenters. The van der Waals surface area contributed by atoms with Crippen molar-refractivity contribution in [3.8, 4) is 0 Å². The van der Waals surface area contributed by atoms with Gasteiger partial charge < -0.3 is 16.2 Å². The third kappa shape index (κ3) is 1.43. The van der Waals surface area contributed by atoms with Gasteiger partial charge in [-0.25, -0.2) is 0 Å². The van der Waals surface area contributed by atoms with Gasteiger partial charge in [0.1, 0.15) is 0 Å². The van der Waals surface area contributed by atoms with E-state index in [0.717, 1.165) is 13.0 Å². The molecule has 0 radical (unpaired) electrons. The quantitative estimate of drug-likeness (QED) is 0.367. The van der Waals surface area contributed by atoms with Crippen LogP contribution in [0.5, 0.6) is 0 Å². The summed E-state index contributed by atoms with van der Waals surface area (Å²) < 4.78 is 0. The molecule has 0 bridgehead atoms. The molecule has 0 aliphatic carbocycles. The Morgan fingerprint density at radius 2 is 2.25 bits per heavy atom. The fourth-order valence-corrected chi connectivity index (χ4v) is 0.951. The molecule has 4 N–H and O–H groups in total. The average molecular weight is 116 g/mol. The molecule has 3 heteroatoms. The van der Waals surface area contributed by atoms with Gasteiger partial charge in [0, 0.05) is 19.1 Å². The Hall–Kier alpha value is -0.120. The van der Waals surface area contributed by atoms with Crippen LogP contribution in [0, 0.1) is 0 Å². The third-order valence-electron chi connectivity index (χ3n) is 1.36. The molecule has 0 aromatic carbocycles. The first-order chi connectivity index (χ1) is 3.79. The maximum atomic E-state index is 8.94. The molecule has 0 aromatic heterocycles. The van der Waals surface area contributed by atoms with Gasteiger partial charge in [0.15, 0.2) is 0 Å². The number of hydrogen-bond acceptors (Lipinski definition) is 3. The van der Waals surface area contributed by atoms with Gasteiger partial charge in [-0.2, -0.15) is 0 Å². The predicted molar refractivity (Wildman–Crippen MR) is 31.5 cm³/mol. The van der Waals surface area contributed by atoms with Crippen LogP contribution in [0.1, 0.15) is 6.42 Å². The Bertz CT molecular complexity index is 68.8. The summed E-state index contributed by atoms with van der Waals surface area (Å²) in [6, 6.07) is 0.152. The SMILES string of the molecule is NC1CNCC(O)C1. The first-order valence-corrected chi connectivity index (χ1v) is 2.93. The molecule has 1 aliphatic heterocycles. The number of nitrogens with two attached hydrogens (primary N) is 1. The minimum absolute atomic E-state index is 0.152. The van der Waals surface area contributed by atoms with E-state index in [1.54, 1.807) is 0 Å². The molecule has 48 valence electrons. The minimum atomic E-state index is -0.223. The van der Waals surface area contributed by atoms with Gasteiger partial charge in [0.05, 0.1) is 6.10 Å². The van der Waals surface area contributed by atoms with Gasteiger partial charge in [0.2, 0.25) is 0 Å². The third-order valence-corrected chi connectivity index (χ3v) is 1.36. The fraction of sp³-hybridized carbons (Fsp3) is 1.00. The molecule has 0 aromatic rings. The molecule has 2 atom stereocenters. The van der Waals surface area contributed by atoms with Crippen LogP contribution in [0.4, 0.5) is 0 Å². The van der Waals surface area contributed by atoms with Gasteiger partial charge in [0.25, 0.3) is 0 Å². The molecular weight excluding hydrogens is 104 g/mol. The maximum absolute atomic E-state index is 8.94. The maximum Gasteiger partial charge on any atom is 0.0679 e. The summed E-state index contributed by atoms with van der Waals surface area (Å²) in [5.74, 6) is 0. The largest absolute Gasteiger partial charge is 0.392 e. The monoisotopic (exact) mass is 116 g/mol. The van der Waals surface area contributed by atoms with Crippen molar-refractivity contribution in [1.29, 1.82) is 0 Å². The molecule has 3 nitrogen and oxygen atoms in total. The van der Waals surface area contributed by atoms with Crippen LogP contribution in [-0.2, 0) is 0 Å². The predicted octanol–water partition coefficient (Wildman–Crippen LogP) is -1.33. The summed E-state index contributed by atoms with van der Waals surface area (Å²) in [6.45, 7) is 1.55. The molecule has 0 spiro atoms. The molecule has 1 rings (SSSR count). The smallest absolute Gasteiger partial charge is 0.0679 e. The van der Waals surface area contributed by atoms with Gasteiger partial charge in [-0.15, -0.1) is 0 Å². The van der Waals surface area contributed by atoms with Crippen LogP contribution in [0.3, 0.4) is 0 Å². The molecule has 1 fully saturated rings. The zero-order valence-electron chi connectivity index (χ0n) is 4.80. The Kier molecular flexibility index (Phi) is 1.83. The molecule has 0 amide bonds. The highest BCUT2D eigenvalue weighted by Gasteiger charge is 2.14. The second-order valence-corrected chi connectivity index (χ2v) is 2.31. The molecule has 0 saturated carbocycles. The number of piperidine rings is 1. The fourth-order valence-electron chi connectivity index (χ4n) is 0.951. The van der Waals surface area contributed by atoms with Crippen molar-refractivity contribution >= 4 is 0 Å². The highest BCUT2D eigenvalue weighted by Crippen LogP contribution is 1.98. The van der Waals surface area contributed by atoms with Crippen LogP contribution < -0.4 is 11.1 Å². The summed E-state index contributed by atoms with van der Waals surface area (Å²) in [7, 11) is 0. The Morgan fingerprint density at radius 1 is 1.50 bits per heavy atom. The van der Waals surface area contributed by atoms with Crippen molar-refractivity contribution in [2.45, 2.75) is 18.6 Å². The summed E-state index contributed by atoms with van der Waals surface area (Å²) >= 11 is 0. The second kappa shape index (κ2) is 2.44. The Morgan fingerprint density at radius 3 is 2.62 bits per heavy atom. The van der Waals surface area contributed by atoms with Gasteiger partial charge in [-0.1, -0.05) is 0 Å². The lowest BCUT2D eigenvalue weighted by molar-refractivity contribution is 0.133. The molecule has 8 heavy (non-hydrogen) atoms. The van der Waals surface area contributed by atoms with E-state index < -0.39 is 0 Å². The van der Waals surface area contributed by atoms with Gasteiger partial charge in [-0.05, 0) is 6.42 Å². The van der Waals surface area contributed by atoms with Crippen molar-refractivity contribution in [2.75, 3.05) is 13.1 Å². The lowest BCUT2D eigenvalue weighted by atomic mass is 10.1. The van der Waals surface area contributed by atoms with Gasteiger partial charge >= 0.3 is 0 Å². The number of aliphatic hydroxyl groups excluding tert-OH is 1. The summed E-state index contributed by atoms with van der Waals surface area (Å²) in [5, 5.41) is 11.9. The van der Waals surface area contributed by atoms with Gasteiger partial charge in [-0.3, -0.25) is 0 Å². The number of nitrogens with one attached hydrogen (secondary N) is 1. The van der Waals surface area contributed by atoms with E-state index in [0.29, 0.717) is 6.54 Å². The van der Waals surface area contributed by atoms with Crippen LogP contribution >= 0.6 is 0 Å². The first-order valence-electron chi connectivity index (χ1n) is 2.93. The highest BCUT2D eigenvalue weighted by molar-refractivity contribution is 4.76. The zero-order chi connectivity index (χ0) is 5.98. The van der Waals surface area contributed by atoms with E-state index >= 15 is 0 Å².